The number of hydrogen-bond donors (Lipinski definition) is 1. The van der Waals surface area contributed by atoms with Crippen LogP contribution in [0.1, 0.15) is 56.6 Å². The van der Waals surface area contributed by atoms with Crippen molar-refractivity contribution < 1.29 is 36.2 Å². The van der Waals surface area contributed by atoms with Crippen LogP contribution < -0.4 is 10.1 Å². The van der Waals surface area contributed by atoms with E-state index < -0.39 is 30.5 Å². The number of aryl methyl sites for hydroxylation is 1. The van der Waals surface area contributed by atoms with Gasteiger partial charge in [-0.15, -0.1) is 0 Å². The highest BCUT2D eigenvalue weighted by molar-refractivity contribution is 6.36. The van der Waals surface area contributed by atoms with Crippen LogP contribution >= 0.6 is 11.6 Å². The number of nitrogens with zero attached hydrogens (tertiary/aromatic N) is 2. The zero-order chi connectivity index (χ0) is 27.5. The smallest absolute Gasteiger partial charge is 0.394 e. The molecule has 12 heteroatoms. The number of carbonyl (C=O) groups excluding carboxylic acids is 1. The topological polar surface area (TPSA) is 65.4 Å². The van der Waals surface area contributed by atoms with Crippen molar-refractivity contribution in [2.24, 2.45) is 11.3 Å². The summed E-state index contributed by atoms with van der Waals surface area (Å²) in [5, 5.41) is 6.93. The second-order valence-electron chi connectivity index (χ2n) is 9.94. The highest BCUT2D eigenvalue weighted by Gasteiger charge is 2.47. The molecule has 3 rings (SSSR count). The maximum atomic E-state index is 13.4. The van der Waals surface area contributed by atoms with Gasteiger partial charge in [-0.1, -0.05) is 38.4 Å². The van der Waals surface area contributed by atoms with Gasteiger partial charge >= 0.3 is 12.8 Å². The van der Waals surface area contributed by atoms with E-state index >= 15 is 0 Å². The van der Waals surface area contributed by atoms with Crippen LogP contribution in [-0.4, -0.2) is 47.7 Å². The minimum Gasteiger partial charge on any atom is -0.434 e. The van der Waals surface area contributed by atoms with Gasteiger partial charge in [-0.05, 0) is 49.8 Å². The fourth-order valence-electron chi connectivity index (χ4n) is 4.14. The highest BCUT2D eigenvalue weighted by atomic mass is 35.5. The van der Waals surface area contributed by atoms with Gasteiger partial charge in [0, 0.05) is 25.3 Å². The summed E-state index contributed by atoms with van der Waals surface area (Å²) in [4.78, 5) is 12.9. The van der Waals surface area contributed by atoms with Crippen molar-refractivity contribution in [3.63, 3.8) is 0 Å². The summed E-state index contributed by atoms with van der Waals surface area (Å²) < 4.78 is 78.4. The van der Waals surface area contributed by atoms with E-state index in [9.17, 15) is 26.7 Å². The van der Waals surface area contributed by atoms with Crippen LogP contribution in [0.2, 0.25) is 5.02 Å². The fraction of sp³-hybridized carbons (Fsp3) is 0.600. The Morgan fingerprint density at radius 3 is 2.57 bits per heavy atom. The molecule has 37 heavy (non-hydrogen) atoms. The van der Waals surface area contributed by atoms with Crippen molar-refractivity contribution in [1.82, 2.24) is 15.1 Å². The first-order valence-electron chi connectivity index (χ1n) is 12.0. The molecule has 6 nitrogen and oxygen atoms in total. The summed E-state index contributed by atoms with van der Waals surface area (Å²) in [7, 11) is 0. The van der Waals surface area contributed by atoms with Crippen LogP contribution in [0, 0.1) is 11.3 Å². The van der Waals surface area contributed by atoms with Gasteiger partial charge in [0.15, 0.2) is 5.69 Å². The lowest BCUT2D eigenvalue weighted by molar-refractivity contribution is -0.211. The minimum atomic E-state index is -4.50. The summed E-state index contributed by atoms with van der Waals surface area (Å²) in [6.45, 7) is 3.75. The van der Waals surface area contributed by atoms with Crippen molar-refractivity contribution in [2.45, 2.75) is 72.4 Å². The number of aromatic nitrogens is 2. The third kappa shape index (κ3) is 6.93. The third-order valence-corrected chi connectivity index (χ3v) is 6.79. The van der Waals surface area contributed by atoms with Crippen LogP contribution in [0.15, 0.2) is 18.2 Å². The number of nitrogens with one attached hydrogen (secondary N) is 1. The van der Waals surface area contributed by atoms with E-state index in [0.717, 1.165) is 32.8 Å². The van der Waals surface area contributed by atoms with Gasteiger partial charge in [0.05, 0.1) is 22.2 Å². The molecular formula is C25H31ClF5N3O3. The molecule has 2 heterocycles. The molecule has 2 aromatic rings. The number of rotatable bonds is 9. The largest absolute Gasteiger partial charge is 0.434 e. The minimum absolute atomic E-state index is 0.0804. The molecule has 1 saturated heterocycles. The van der Waals surface area contributed by atoms with Gasteiger partial charge in [0.25, 0.3) is 5.91 Å². The SMILES string of the molecule is CCn1nc(C(=O)NC[C@@H]2CC[C@@H](C)CO2)c(Cl)c1-c1ccc(CC(C)(C)C(F)(F)F)cc1OC(F)F. The molecule has 1 N–H and O–H groups in total. The van der Waals surface area contributed by atoms with Gasteiger partial charge in [-0.25, -0.2) is 0 Å². The van der Waals surface area contributed by atoms with Crippen molar-refractivity contribution in [3.8, 4) is 17.0 Å². The summed E-state index contributed by atoms with van der Waals surface area (Å²) in [6, 6.07) is 3.89. The first-order chi connectivity index (χ1) is 17.2. The standard InChI is InChI=1S/C25H31ClF5N3O3/c1-5-34-21(19(26)20(33-34)22(35)32-12-16-8-6-14(2)13-36-16)17-9-7-15(10-18(17)37-23(27)28)11-24(3,4)25(29,30)31/h7,9-10,14,16,23H,5-6,8,11-13H2,1-4H3,(H,32,35)/t14-,16+/m1/s1. The van der Waals surface area contributed by atoms with Gasteiger partial charge in [0.1, 0.15) is 5.75 Å². The predicted molar refractivity (Wildman–Crippen MR) is 129 cm³/mol. The zero-order valence-corrected chi connectivity index (χ0v) is 21.8. The van der Waals surface area contributed by atoms with E-state index in [2.05, 4.69) is 22.1 Å². The van der Waals surface area contributed by atoms with Gasteiger partial charge in [0.2, 0.25) is 0 Å². The summed E-state index contributed by atoms with van der Waals surface area (Å²) in [6.07, 6.45) is -3.30. The molecule has 1 aromatic carbocycles. The molecule has 1 fully saturated rings. The molecule has 1 aliphatic rings. The average molecular weight is 552 g/mol. The quantitative estimate of drug-likeness (QED) is 0.361. The molecule has 1 aliphatic heterocycles. The van der Waals surface area contributed by atoms with Crippen LogP contribution in [-0.2, 0) is 17.7 Å². The van der Waals surface area contributed by atoms with Crippen LogP contribution in [0.4, 0.5) is 22.0 Å². The molecule has 0 radical (unpaired) electrons. The van der Waals surface area contributed by atoms with Gasteiger partial charge in [-0.2, -0.15) is 27.1 Å². The van der Waals surface area contributed by atoms with E-state index in [1.165, 1.54) is 16.8 Å². The van der Waals surface area contributed by atoms with E-state index in [4.69, 9.17) is 16.3 Å². The zero-order valence-electron chi connectivity index (χ0n) is 21.1. The lowest BCUT2D eigenvalue weighted by Gasteiger charge is -2.28. The number of halogens is 6. The Morgan fingerprint density at radius 2 is 2.00 bits per heavy atom. The van der Waals surface area contributed by atoms with Crippen LogP contribution in [0.25, 0.3) is 11.3 Å². The predicted octanol–water partition coefficient (Wildman–Crippen LogP) is 6.50. The van der Waals surface area contributed by atoms with E-state index in [0.29, 0.717) is 12.5 Å². The lowest BCUT2D eigenvalue weighted by atomic mass is 9.84. The average Bonchev–Trinajstić information content (AvgIpc) is 3.13. The molecule has 0 bridgehead atoms. The van der Waals surface area contributed by atoms with Crippen molar-refractivity contribution in [1.29, 1.82) is 0 Å². The lowest BCUT2D eigenvalue weighted by Crippen LogP contribution is -2.37. The molecule has 1 amide bonds. The molecule has 0 saturated carbocycles. The molecule has 1 aromatic heterocycles. The maximum absolute atomic E-state index is 13.4. The summed E-state index contributed by atoms with van der Waals surface area (Å²) in [5.41, 5.74) is -1.82. The van der Waals surface area contributed by atoms with Gasteiger partial charge < -0.3 is 14.8 Å². The number of carbonyl (C=O) groups is 1. The summed E-state index contributed by atoms with van der Waals surface area (Å²) >= 11 is 6.53. The number of benzene rings is 1. The Balaban J connectivity index is 1.92. The fourth-order valence-corrected chi connectivity index (χ4v) is 4.46. The normalized spacial score (nSPS) is 18.8. The first-order valence-corrected chi connectivity index (χ1v) is 12.4. The molecule has 0 spiro atoms. The number of hydrogen-bond acceptors (Lipinski definition) is 4. The maximum Gasteiger partial charge on any atom is 0.394 e. The Kier molecular flexibility index (Phi) is 9.10. The van der Waals surface area contributed by atoms with Crippen molar-refractivity contribution in [3.05, 3.63) is 34.5 Å². The number of alkyl halides is 5. The number of ether oxygens (including phenoxy) is 2. The summed E-state index contributed by atoms with van der Waals surface area (Å²) in [5.74, 6) is -0.459. The van der Waals surface area contributed by atoms with Crippen molar-refractivity contribution in [2.75, 3.05) is 13.2 Å². The third-order valence-electron chi connectivity index (χ3n) is 6.43. The Morgan fingerprint density at radius 1 is 1.30 bits per heavy atom. The van der Waals surface area contributed by atoms with Gasteiger partial charge in [-0.3, -0.25) is 9.48 Å². The molecular weight excluding hydrogens is 521 g/mol. The number of amides is 1. The molecule has 206 valence electrons. The molecule has 0 unspecified atom stereocenters. The molecule has 0 aliphatic carbocycles. The second kappa shape index (κ2) is 11.6. The van der Waals surface area contributed by atoms with Crippen LogP contribution in [0.3, 0.4) is 0 Å². The van der Waals surface area contributed by atoms with E-state index in [-0.39, 0.29) is 52.5 Å². The monoisotopic (exact) mass is 551 g/mol. The Hall–Kier alpha value is -2.40. The molecule has 2 atom stereocenters. The second-order valence-corrected chi connectivity index (χ2v) is 10.3. The Bertz CT molecular complexity index is 1100. The van der Waals surface area contributed by atoms with Crippen molar-refractivity contribution >= 4 is 17.5 Å². The van der Waals surface area contributed by atoms with E-state index in [1.54, 1.807) is 6.92 Å². The Labute approximate surface area is 217 Å². The first kappa shape index (κ1) is 29.2. The van der Waals surface area contributed by atoms with E-state index in [1.807, 2.05) is 0 Å². The van der Waals surface area contributed by atoms with Crippen LogP contribution in [0.5, 0.6) is 5.75 Å². The highest BCUT2D eigenvalue weighted by Crippen LogP contribution is 2.43.